The van der Waals surface area contributed by atoms with Gasteiger partial charge in [0.1, 0.15) is 12.4 Å². The predicted molar refractivity (Wildman–Crippen MR) is 88.9 cm³/mol. The van der Waals surface area contributed by atoms with E-state index in [0.717, 1.165) is 16.5 Å². The number of methoxy groups -OCH3 is 1. The second-order valence-corrected chi connectivity index (χ2v) is 6.45. The van der Waals surface area contributed by atoms with Crippen LogP contribution in [-0.4, -0.2) is 36.4 Å². The number of hydrogen-bond donors (Lipinski definition) is 1. The fourth-order valence-electron chi connectivity index (χ4n) is 2.62. The largest absolute Gasteiger partial charge is 0.490 e. The number of hydrogen-bond acceptors (Lipinski definition) is 4. The quantitative estimate of drug-likeness (QED) is 0.757. The highest BCUT2D eigenvalue weighted by Crippen LogP contribution is 2.28. The number of benzene rings is 1. The first-order chi connectivity index (χ1) is 10.9. The van der Waals surface area contributed by atoms with Crippen molar-refractivity contribution in [2.45, 2.75) is 26.7 Å². The standard InChI is InChI=1S/C18H23NO4/c1-18(2,11-17(20)21)10-13-4-5-16-14(8-13)9-15(12-19-16)23-7-6-22-3/h4-5,8-9,12H,6-7,10-11H2,1-3H3,(H,20,21). The molecule has 5 nitrogen and oxygen atoms in total. The third-order valence-corrected chi connectivity index (χ3v) is 3.59. The summed E-state index contributed by atoms with van der Waals surface area (Å²) >= 11 is 0. The first-order valence-corrected chi connectivity index (χ1v) is 7.62. The molecule has 1 heterocycles. The molecule has 0 unspecified atom stereocenters. The Kier molecular flexibility index (Phi) is 5.55. The maximum atomic E-state index is 11.0. The molecule has 1 aromatic heterocycles. The Morgan fingerprint density at radius 3 is 2.74 bits per heavy atom. The van der Waals surface area contributed by atoms with Gasteiger partial charge in [-0.3, -0.25) is 9.78 Å². The smallest absolute Gasteiger partial charge is 0.303 e. The second kappa shape index (κ2) is 7.42. The average Bonchev–Trinajstić information content (AvgIpc) is 2.45. The lowest BCUT2D eigenvalue weighted by molar-refractivity contribution is -0.139. The van der Waals surface area contributed by atoms with E-state index in [-0.39, 0.29) is 11.8 Å². The van der Waals surface area contributed by atoms with E-state index in [1.54, 1.807) is 13.3 Å². The molecule has 5 heteroatoms. The number of pyridine rings is 1. The number of nitrogens with zero attached hydrogens (tertiary/aromatic N) is 1. The van der Waals surface area contributed by atoms with Gasteiger partial charge in [-0.15, -0.1) is 0 Å². The van der Waals surface area contributed by atoms with Crippen LogP contribution in [0.2, 0.25) is 0 Å². The molecule has 0 saturated carbocycles. The van der Waals surface area contributed by atoms with Crippen molar-refractivity contribution in [2.75, 3.05) is 20.3 Å². The van der Waals surface area contributed by atoms with E-state index in [9.17, 15) is 4.79 Å². The minimum atomic E-state index is -0.772. The lowest BCUT2D eigenvalue weighted by Gasteiger charge is -2.22. The molecule has 124 valence electrons. The minimum Gasteiger partial charge on any atom is -0.490 e. The van der Waals surface area contributed by atoms with Crippen molar-refractivity contribution in [3.8, 4) is 5.75 Å². The number of carbonyl (C=O) groups is 1. The molecule has 0 fully saturated rings. The van der Waals surface area contributed by atoms with Crippen LogP contribution in [0.1, 0.15) is 25.8 Å². The van der Waals surface area contributed by atoms with Crippen molar-refractivity contribution in [2.24, 2.45) is 5.41 Å². The maximum absolute atomic E-state index is 11.0. The zero-order valence-electron chi connectivity index (χ0n) is 13.8. The van der Waals surface area contributed by atoms with Crippen LogP contribution in [-0.2, 0) is 16.0 Å². The molecule has 2 aromatic rings. The van der Waals surface area contributed by atoms with E-state index >= 15 is 0 Å². The van der Waals surface area contributed by atoms with Crippen LogP contribution in [0.25, 0.3) is 10.9 Å². The number of aromatic nitrogens is 1. The highest BCUT2D eigenvalue weighted by molar-refractivity contribution is 5.80. The molecule has 0 atom stereocenters. The van der Waals surface area contributed by atoms with Gasteiger partial charge in [0.25, 0.3) is 0 Å². The molecule has 2 rings (SSSR count). The summed E-state index contributed by atoms with van der Waals surface area (Å²) in [4.78, 5) is 15.3. The molecule has 1 N–H and O–H groups in total. The van der Waals surface area contributed by atoms with Crippen LogP contribution in [0.5, 0.6) is 5.75 Å². The Balaban J connectivity index is 2.17. The molecule has 23 heavy (non-hydrogen) atoms. The van der Waals surface area contributed by atoms with E-state index in [0.29, 0.717) is 25.4 Å². The van der Waals surface area contributed by atoms with Gasteiger partial charge in [0, 0.05) is 12.5 Å². The summed E-state index contributed by atoms with van der Waals surface area (Å²) in [6.07, 6.45) is 2.54. The Bertz CT molecular complexity index is 682. The van der Waals surface area contributed by atoms with Crippen LogP contribution >= 0.6 is 0 Å². The van der Waals surface area contributed by atoms with Crippen molar-refractivity contribution in [1.29, 1.82) is 0 Å². The Labute approximate surface area is 136 Å². The molecule has 1 aromatic carbocycles. The normalized spacial score (nSPS) is 11.6. The third-order valence-electron chi connectivity index (χ3n) is 3.59. The highest BCUT2D eigenvalue weighted by Gasteiger charge is 2.22. The van der Waals surface area contributed by atoms with Gasteiger partial charge in [-0.1, -0.05) is 19.9 Å². The van der Waals surface area contributed by atoms with Gasteiger partial charge in [-0.05, 0) is 35.6 Å². The highest BCUT2D eigenvalue weighted by atomic mass is 16.5. The molecule has 0 bridgehead atoms. The summed E-state index contributed by atoms with van der Waals surface area (Å²) in [7, 11) is 1.63. The van der Waals surface area contributed by atoms with E-state index < -0.39 is 5.97 Å². The summed E-state index contributed by atoms with van der Waals surface area (Å²) in [5.74, 6) is -0.0669. The van der Waals surface area contributed by atoms with Gasteiger partial charge in [0.05, 0.1) is 24.7 Å². The fourth-order valence-corrected chi connectivity index (χ4v) is 2.62. The number of carboxylic acids is 1. The van der Waals surface area contributed by atoms with Crippen molar-refractivity contribution in [1.82, 2.24) is 4.98 Å². The number of rotatable bonds is 8. The van der Waals surface area contributed by atoms with E-state index in [4.69, 9.17) is 14.6 Å². The zero-order valence-corrected chi connectivity index (χ0v) is 13.8. The number of fused-ring (bicyclic) bond motifs is 1. The molecule has 0 aliphatic heterocycles. The van der Waals surface area contributed by atoms with E-state index in [2.05, 4.69) is 11.1 Å². The van der Waals surface area contributed by atoms with Gasteiger partial charge >= 0.3 is 5.97 Å². The van der Waals surface area contributed by atoms with Gasteiger partial charge in [-0.25, -0.2) is 0 Å². The summed E-state index contributed by atoms with van der Waals surface area (Å²) in [6.45, 7) is 4.94. The molecular formula is C18H23NO4. The average molecular weight is 317 g/mol. The summed E-state index contributed by atoms with van der Waals surface area (Å²) in [5.41, 5.74) is 1.70. The van der Waals surface area contributed by atoms with Crippen molar-refractivity contribution >= 4 is 16.9 Å². The summed E-state index contributed by atoms with van der Waals surface area (Å²) in [6, 6.07) is 7.96. The van der Waals surface area contributed by atoms with Crippen LogP contribution < -0.4 is 4.74 Å². The molecular weight excluding hydrogens is 294 g/mol. The van der Waals surface area contributed by atoms with Gasteiger partial charge < -0.3 is 14.6 Å². The lowest BCUT2D eigenvalue weighted by atomic mass is 9.82. The van der Waals surface area contributed by atoms with Gasteiger partial charge in [-0.2, -0.15) is 0 Å². The lowest BCUT2D eigenvalue weighted by Crippen LogP contribution is -2.19. The van der Waals surface area contributed by atoms with Gasteiger partial charge in [0.15, 0.2) is 0 Å². The summed E-state index contributed by atoms with van der Waals surface area (Å²) in [5, 5.41) is 9.99. The first-order valence-electron chi connectivity index (χ1n) is 7.62. The number of aliphatic carboxylic acids is 1. The molecule has 0 aliphatic carbocycles. The Morgan fingerprint density at radius 2 is 2.04 bits per heavy atom. The molecule has 0 radical (unpaired) electrons. The van der Waals surface area contributed by atoms with Crippen LogP contribution in [0.15, 0.2) is 30.5 Å². The molecule has 0 spiro atoms. The summed E-state index contributed by atoms with van der Waals surface area (Å²) < 4.78 is 10.5. The van der Waals surface area contributed by atoms with Crippen molar-refractivity contribution in [3.63, 3.8) is 0 Å². The molecule has 0 amide bonds. The monoisotopic (exact) mass is 317 g/mol. The predicted octanol–water partition coefficient (Wildman–Crippen LogP) is 3.30. The SMILES string of the molecule is COCCOc1cnc2ccc(CC(C)(C)CC(=O)O)cc2c1. The zero-order chi connectivity index (χ0) is 16.9. The number of carboxylic acid groups (broad SMARTS) is 1. The van der Waals surface area contributed by atoms with Crippen LogP contribution in [0, 0.1) is 5.41 Å². The minimum absolute atomic E-state index is 0.142. The fraction of sp³-hybridized carbons (Fsp3) is 0.444. The topological polar surface area (TPSA) is 68.7 Å². The van der Waals surface area contributed by atoms with Crippen molar-refractivity contribution in [3.05, 3.63) is 36.0 Å². The van der Waals surface area contributed by atoms with Crippen molar-refractivity contribution < 1.29 is 19.4 Å². The third kappa shape index (κ3) is 5.21. The van der Waals surface area contributed by atoms with Crippen LogP contribution in [0.4, 0.5) is 0 Å². The second-order valence-electron chi connectivity index (χ2n) is 6.45. The molecule has 0 aliphatic rings. The maximum Gasteiger partial charge on any atom is 0.303 e. The Morgan fingerprint density at radius 1 is 1.26 bits per heavy atom. The van der Waals surface area contributed by atoms with E-state index in [1.165, 1.54) is 0 Å². The molecule has 0 saturated heterocycles. The van der Waals surface area contributed by atoms with Gasteiger partial charge in [0.2, 0.25) is 0 Å². The number of ether oxygens (including phenoxy) is 2. The van der Waals surface area contributed by atoms with E-state index in [1.807, 2.05) is 32.0 Å². The Hall–Kier alpha value is -2.14. The van der Waals surface area contributed by atoms with Crippen LogP contribution in [0.3, 0.4) is 0 Å². The first kappa shape index (κ1) is 17.2.